The summed E-state index contributed by atoms with van der Waals surface area (Å²) in [6.45, 7) is 1.98. The first-order valence-corrected chi connectivity index (χ1v) is 6.51. The molecule has 0 amide bonds. The normalized spacial score (nSPS) is 13.0. The molecule has 2 nitrogen and oxygen atoms in total. The Morgan fingerprint density at radius 2 is 1.81 bits per heavy atom. The number of nitrogens with two attached hydrogens (primary N) is 1. The smallest absolute Gasteiger partial charge is 0.406 e. The van der Waals surface area contributed by atoms with Crippen molar-refractivity contribution in [1.29, 1.82) is 0 Å². The fraction of sp³-hybridized carbons (Fsp3) is 0.250. The summed E-state index contributed by atoms with van der Waals surface area (Å²) < 4.78 is 40.6. The molecule has 21 heavy (non-hydrogen) atoms. The molecule has 0 bridgehead atoms. The minimum Gasteiger partial charge on any atom is -0.406 e. The Bertz CT molecular complexity index is 610. The molecule has 0 heterocycles. The number of halogens is 3. The van der Waals surface area contributed by atoms with Crippen LogP contribution in [0.3, 0.4) is 0 Å². The zero-order valence-corrected chi connectivity index (χ0v) is 11.5. The van der Waals surface area contributed by atoms with E-state index in [1.807, 2.05) is 31.2 Å². The van der Waals surface area contributed by atoms with Gasteiger partial charge in [0.05, 0.1) is 0 Å². The van der Waals surface area contributed by atoms with Crippen molar-refractivity contribution in [3.63, 3.8) is 0 Å². The largest absolute Gasteiger partial charge is 0.573 e. The molecule has 0 fully saturated rings. The fourth-order valence-electron chi connectivity index (χ4n) is 2.14. The molecule has 1 atom stereocenters. The number of hydrogen-bond acceptors (Lipinski definition) is 2. The van der Waals surface area contributed by atoms with Crippen LogP contribution in [0.2, 0.25) is 0 Å². The van der Waals surface area contributed by atoms with Crippen LogP contribution in [-0.2, 0) is 6.42 Å². The van der Waals surface area contributed by atoms with Gasteiger partial charge in [0.15, 0.2) is 0 Å². The van der Waals surface area contributed by atoms with Crippen molar-refractivity contribution in [3.05, 3.63) is 65.2 Å². The van der Waals surface area contributed by atoms with E-state index in [2.05, 4.69) is 4.74 Å². The van der Waals surface area contributed by atoms with Crippen LogP contribution in [0.15, 0.2) is 48.5 Å². The zero-order chi connectivity index (χ0) is 15.5. The fourth-order valence-corrected chi connectivity index (χ4v) is 2.14. The topological polar surface area (TPSA) is 35.2 Å². The quantitative estimate of drug-likeness (QED) is 0.920. The van der Waals surface area contributed by atoms with Crippen LogP contribution in [0.25, 0.3) is 0 Å². The molecule has 5 heteroatoms. The van der Waals surface area contributed by atoms with Gasteiger partial charge in [-0.05, 0) is 42.2 Å². The highest BCUT2D eigenvalue weighted by Crippen LogP contribution is 2.26. The lowest BCUT2D eigenvalue weighted by Gasteiger charge is -2.15. The van der Waals surface area contributed by atoms with E-state index in [9.17, 15) is 13.2 Å². The highest BCUT2D eigenvalue weighted by molar-refractivity contribution is 5.33. The van der Waals surface area contributed by atoms with E-state index >= 15 is 0 Å². The lowest BCUT2D eigenvalue weighted by Crippen LogP contribution is -2.18. The minimum atomic E-state index is -4.70. The molecule has 0 aliphatic heterocycles. The van der Waals surface area contributed by atoms with Crippen molar-refractivity contribution in [1.82, 2.24) is 0 Å². The van der Waals surface area contributed by atoms with Gasteiger partial charge in [-0.25, -0.2) is 0 Å². The molecular weight excluding hydrogens is 279 g/mol. The third kappa shape index (κ3) is 4.49. The lowest BCUT2D eigenvalue weighted by molar-refractivity contribution is -0.274. The number of hydrogen-bond donors (Lipinski definition) is 1. The summed E-state index contributed by atoms with van der Waals surface area (Å²) in [5, 5.41) is 0. The molecular formula is C16H16F3NO. The summed E-state index contributed by atoms with van der Waals surface area (Å²) in [4.78, 5) is 0. The van der Waals surface area contributed by atoms with Gasteiger partial charge in [-0.2, -0.15) is 0 Å². The maximum atomic E-state index is 12.2. The van der Waals surface area contributed by atoms with Gasteiger partial charge >= 0.3 is 6.36 Å². The first kappa shape index (κ1) is 15.4. The molecule has 2 aromatic rings. The molecule has 112 valence electrons. The predicted octanol–water partition coefficient (Wildman–Crippen LogP) is 4.14. The van der Waals surface area contributed by atoms with E-state index in [0.717, 1.165) is 11.1 Å². The third-order valence-electron chi connectivity index (χ3n) is 3.22. The summed E-state index contributed by atoms with van der Waals surface area (Å²) >= 11 is 0. The Kier molecular flexibility index (Phi) is 4.53. The van der Waals surface area contributed by atoms with Crippen LogP contribution >= 0.6 is 0 Å². The van der Waals surface area contributed by atoms with E-state index in [1.54, 1.807) is 6.07 Å². The molecule has 0 radical (unpaired) electrons. The Morgan fingerprint density at radius 1 is 1.10 bits per heavy atom. The van der Waals surface area contributed by atoms with E-state index < -0.39 is 6.36 Å². The maximum Gasteiger partial charge on any atom is 0.573 e. The van der Waals surface area contributed by atoms with Crippen molar-refractivity contribution in [2.45, 2.75) is 25.7 Å². The third-order valence-corrected chi connectivity index (χ3v) is 3.22. The zero-order valence-electron chi connectivity index (χ0n) is 11.5. The van der Waals surface area contributed by atoms with E-state index in [0.29, 0.717) is 12.0 Å². The van der Waals surface area contributed by atoms with Crippen molar-refractivity contribution >= 4 is 0 Å². The predicted molar refractivity (Wildman–Crippen MR) is 74.9 cm³/mol. The Hall–Kier alpha value is -2.01. The van der Waals surface area contributed by atoms with Gasteiger partial charge in [0.25, 0.3) is 0 Å². The lowest BCUT2D eigenvalue weighted by atomic mass is 9.97. The molecule has 0 spiro atoms. The van der Waals surface area contributed by atoms with Gasteiger partial charge in [-0.1, -0.05) is 36.4 Å². The average molecular weight is 295 g/mol. The van der Waals surface area contributed by atoms with E-state index in [-0.39, 0.29) is 11.8 Å². The van der Waals surface area contributed by atoms with Crippen LogP contribution < -0.4 is 10.5 Å². The summed E-state index contributed by atoms with van der Waals surface area (Å²) in [5.74, 6) is -0.250. The van der Waals surface area contributed by atoms with E-state index in [1.165, 1.54) is 18.2 Å². The molecule has 0 saturated carbocycles. The Morgan fingerprint density at radius 3 is 2.48 bits per heavy atom. The average Bonchev–Trinajstić information content (AvgIpc) is 2.39. The monoisotopic (exact) mass is 295 g/mol. The van der Waals surface area contributed by atoms with Crippen molar-refractivity contribution in [3.8, 4) is 5.75 Å². The van der Waals surface area contributed by atoms with Crippen LogP contribution in [0.4, 0.5) is 13.2 Å². The highest BCUT2D eigenvalue weighted by Gasteiger charge is 2.31. The first-order valence-electron chi connectivity index (χ1n) is 6.51. The van der Waals surface area contributed by atoms with Crippen molar-refractivity contribution in [2.75, 3.05) is 0 Å². The SMILES string of the molecule is Cc1ccccc1CC(N)c1cccc(OC(F)(F)F)c1. The molecule has 1 unspecified atom stereocenters. The number of benzene rings is 2. The minimum absolute atomic E-state index is 0.250. The van der Waals surface area contributed by atoms with Gasteiger partial charge in [0.1, 0.15) is 5.75 Å². The second kappa shape index (κ2) is 6.18. The Labute approximate surface area is 121 Å². The summed E-state index contributed by atoms with van der Waals surface area (Å²) in [6, 6.07) is 13.2. The van der Waals surface area contributed by atoms with Crippen LogP contribution in [0.5, 0.6) is 5.75 Å². The molecule has 0 saturated heterocycles. The number of ether oxygens (including phenoxy) is 1. The van der Waals surface area contributed by atoms with Gasteiger partial charge in [0.2, 0.25) is 0 Å². The molecule has 0 aliphatic rings. The van der Waals surface area contributed by atoms with Crippen molar-refractivity contribution < 1.29 is 17.9 Å². The van der Waals surface area contributed by atoms with Crippen LogP contribution in [0.1, 0.15) is 22.7 Å². The molecule has 0 aromatic heterocycles. The summed E-state index contributed by atoms with van der Waals surface area (Å²) in [7, 11) is 0. The van der Waals surface area contributed by atoms with Gasteiger partial charge in [-0.15, -0.1) is 13.2 Å². The number of aryl methyl sites for hydroxylation is 1. The highest BCUT2D eigenvalue weighted by atomic mass is 19.4. The first-order chi connectivity index (χ1) is 9.85. The van der Waals surface area contributed by atoms with E-state index in [4.69, 9.17) is 5.73 Å². The van der Waals surface area contributed by atoms with Crippen LogP contribution in [0, 0.1) is 6.92 Å². The molecule has 2 rings (SSSR count). The number of alkyl halides is 3. The molecule has 2 N–H and O–H groups in total. The summed E-state index contributed by atoms with van der Waals surface area (Å²) in [6.07, 6.45) is -4.14. The molecule has 2 aromatic carbocycles. The maximum absolute atomic E-state index is 12.2. The van der Waals surface area contributed by atoms with Gasteiger partial charge in [0, 0.05) is 6.04 Å². The van der Waals surface area contributed by atoms with Gasteiger partial charge in [-0.3, -0.25) is 0 Å². The van der Waals surface area contributed by atoms with Crippen molar-refractivity contribution in [2.24, 2.45) is 5.73 Å². The Balaban J connectivity index is 2.14. The van der Waals surface area contributed by atoms with Gasteiger partial charge < -0.3 is 10.5 Å². The standard InChI is InChI=1S/C16H16F3NO/c1-11-5-2-3-6-12(11)10-15(20)13-7-4-8-14(9-13)21-16(17,18)19/h2-9,15H,10,20H2,1H3. The molecule has 0 aliphatic carbocycles. The summed E-state index contributed by atoms with van der Waals surface area (Å²) in [5.41, 5.74) is 8.89. The second-order valence-electron chi connectivity index (χ2n) is 4.86. The van der Waals surface area contributed by atoms with Crippen LogP contribution in [-0.4, -0.2) is 6.36 Å². The second-order valence-corrected chi connectivity index (χ2v) is 4.86. The number of rotatable bonds is 4.